The molecule has 12 heteroatoms. The van der Waals surface area contributed by atoms with Gasteiger partial charge in [0.2, 0.25) is 11.6 Å². The number of allylic oxidation sites excluding steroid dienone is 2. The normalized spacial score (nSPS) is 14.1. The molecule has 0 saturated heterocycles. The minimum absolute atomic E-state index is 0.00995. The Balaban J connectivity index is 1.87. The zero-order valence-corrected chi connectivity index (χ0v) is 19.9. The Bertz CT molecular complexity index is 1170. The highest BCUT2D eigenvalue weighted by molar-refractivity contribution is 6.56. The van der Waals surface area contributed by atoms with Gasteiger partial charge in [-0.05, 0) is 36.4 Å². The molecule has 0 saturated carbocycles. The topological polar surface area (TPSA) is 92.3 Å². The van der Waals surface area contributed by atoms with Crippen LogP contribution in [0.2, 0.25) is 20.1 Å². The number of carbonyl (C=O) groups is 4. The minimum Gasteiger partial charge on any atom is -0.317 e. The fourth-order valence-electron chi connectivity index (χ4n) is 2.58. The number of Topliss-reactive ketones (excluding diaryl/α,β-unsaturated/α-hetero) is 2. The predicted molar refractivity (Wildman–Crippen MR) is 124 cm³/mol. The summed E-state index contributed by atoms with van der Waals surface area (Å²) >= 11 is 35.6. The van der Waals surface area contributed by atoms with E-state index in [4.69, 9.17) is 69.6 Å². The van der Waals surface area contributed by atoms with Crippen molar-refractivity contribution in [2.24, 2.45) is 0 Å². The van der Waals surface area contributed by atoms with E-state index in [0.717, 1.165) is 0 Å². The van der Waals surface area contributed by atoms with Crippen LogP contribution in [0.4, 0.5) is 0 Å². The summed E-state index contributed by atoms with van der Waals surface area (Å²) in [5.74, 6) is -3.64. The van der Waals surface area contributed by atoms with Crippen molar-refractivity contribution in [1.82, 2.24) is 10.6 Å². The summed E-state index contributed by atoms with van der Waals surface area (Å²) in [6, 6.07) is 8.11. The first kappa shape index (κ1) is 24.6. The highest BCUT2D eigenvalue weighted by Crippen LogP contribution is 2.29. The fourth-order valence-corrected chi connectivity index (χ4v) is 4.02. The van der Waals surface area contributed by atoms with E-state index in [9.17, 15) is 19.2 Å². The second kappa shape index (κ2) is 9.83. The number of ketones is 2. The van der Waals surface area contributed by atoms with Crippen molar-refractivity contribution >= 4 is 93.0 Å². The van der Waals surface area contributed by atoms with Gasteiger partial charge in [0.05, 0.1) is 21.2 Å². The standard InChI is InChI=1S/C20H8Cl6N2O4/c21-7-1-3-9(11(23)5-7)19(31)27-15-13(25)18(30)16(14(26)17(15)29)28-20(32)10-4-2-8(22)6-12(10)24/h1-6H,(H,27,31)(H,28,32). The second-order valence-electron chi connectivity index (χ2n) is 6.19. The van der Waals surface area contributed by atoms with Gasteiger partial charge >= 0.3 is 0 Å². The van der Waals surface area contributed by atoms with Gasteiger partial charge in [-0.15, -0.1) is 0 Å². The molecule has 32 heavy (non-hydrogen) atoms. The van der Waals surface area contributed by atoms with Crippen molar-refractivity contribution in [3.8, 4) is 0 Å². The first-order valence-electron chi connectivity index (χ1n) is 8.43. The Morgan fingerprint density at radius 3 is 1.25 bits per heavy atom. The third kappa shape index (κ3) is 4.96. The van der Waals surface area contributed by atoms with Crippen molar-refractivity contribution in [2.45, 2.75) is 0 Å². The number of hydrogen-bond acceptors (Lipinski definition) is 4. The first-order valence-corrected chi connectivity index (χ1v) is 10.7. The lowest BCUT2D eigenvalue weighted by Gasteiger charge is -2.19. The summed E-state index contributed by atoms with van der Waals surface area (Å²) in [6.45, 7) is 0. The second-order valence-corrected chi connectivity index (χ2v) is 8.64. The molecule has 2 amide bonds. The van der Waals surface area contributed by atoms with Crippen LogP contribution in [0.25, 0.3) is 0 Å². The summed E-state index contributed by atoms with van der Waals surface area (Å²) in [7, 11) is 0. The molecule has 2 aromatic carbocycles. The minimum atomic E-state index is -0.993. The molecule has 1 aliphatic rings. The van der Waals surface area contributed by atoms with Gasteiger partial charge in [-0.3, -0.25) is 19.2 Å². The van der Waals surface area contributed by atoms with Gasteiger partial charge in [0, 0.05) is 10.0 Å². The van der Waals surface area contributed by atoms with E-state index in [-0.39, 0.29) is 21.2 Å². The highest BCUT2D eigenvalue weighted by Gasteiger charge is 2.35. The number of carbonyl (C=O) groups excluding carboxylic acids is 4. The lowest BCUT2D eigenvalue weighted by molar-refractivity contribution is -0.116. The van der Waals surface area contributed by atoms with Crippen molar-refractivity contribution < 1.29 is 19.2 Å². The lowest BCUT2D eigenvalue weighted by Crippen LogP contribution is -2.37. The van der Waals surface area contributed by atoms with E-state index in [1.54, 1.807) is 0 Å². The zero-order chi connectivity index (χ0) is 23.7. The predicted octanol–water partition coefficient (Wildman–Crippen LogP) is 5.51. The SMILES string of the molecule is O=C1C(Cl)=C(NC(=O)c2ccc(Cl)cc2Cl)C(=O)C(Cl)=C1NC(=O)c1ccc(Cl)cc1Cl. The number of benzene rings is 2. The van der Waals surface area contributed by atoms with Crippen LogP contribution in [0.5, 0.6) is 0 Å². The van der Waals surface area contributed by atoms with Crippen LogP contribution < -0.4 is 10.6 Å². The molecule has 0 spiro atoms. The molecule has 0 fully saturated rings. The molecule has 0 aromatic heterocycles. The zero-order valence-electron chi connectivity index (χ0n) is 15.4. The average Bonchev–Trinajstić information content (AvgIpc) is 2.72. The number of rotatable bonds is 4. The summed E-state index contributed by atoms with van der Waals surface area (Å²) < 4.78 is 0. The molecule has 0 bridgehead atoms. The molecular weight excluding hydrogens is 545 g/mol. The van der Waals surface area contributed by atoms with E-state index in [1.807, 2.05) is 0 Å². The highest BCUT2D eigenvalue weighted by atomic mass is 35.5. The molecule has 6 nitrogen and oxygen atoms in total. The van der Waals surface area contributed by atoms with Crippen molar-refractivity contribution in [3.05, 3.63) is 89.1 Å². The third-order valence-electron chi connectivity index (χ3n) is 4.12. The largest absolute Gasteiger partial charge is 0.317 e. The van der Waals surface area contributed by atoms with E-state index >= 15 is 0 Å². The quantitative estimate of drug-likeness (QED) is 0.489. The van der Waals surface area contributed by atoms with Crippen molar-refractivity contribution in [3.63, 3.8) is 0 Å². The number of halogens is 6. The molecular formula is C20H8Cl6N2O4. The van der Waals surface area contributed by atoms with E-state index in [0.29, 0.717) is 10.0 Å². The summed E-state index contributed by atoms with van der Waals surface area (Å²) in [5, 5.41) is 3.73. The van der Waals surface area contributed by atoms with Crippen molar-refractivity contribution in [2.75, 3.05) is 0 Å². The maximum atomic E-state index is 12.7. The van der Waals surface area contributed by atoms with Crippen LogP contribution in [0.3, 0.4) is 0 Å². The molecule has 0 radical (unpaired) electrons. The molecule has 2 aromatic rings. The number of nitrogens with one attached hydrogen (secondary N) is 2. The Hall–Kier alpha value is -2.06. The van der Waals surface area contributed by atoms with Crippen LogP contribution in [0.15, 0.2) is 57.9 Å². The average molecular weight is 553 g/mol. The molecule has 0 unspecified atom stereocenters. The van der Waals surface area contributed by atoms with Crippen LogP contribution in [-0.4, -0.2) is 23.4 Å². The van der Waals surface area contributed by atoms with Crippen LogP contribution >= 0.6 is 69.6 Å². The summed E-state index contributed by atoms with van der Waals surface area (Å²) in [6.07, 6.45) is 0. The van der Waals surface area contributed by atoms with Gasteiger partial charge in [0.1, 0.15) is 21.5 Å². The summed E-state index contributed by atoms with van der Waals surface area (Å²) in [4.78, 5) is 50.4. The van der Waals surface area contributed by atoms with E-state index < -0.39 is 44.8 Å². The molecule has 1 aliphatic carbocycles. The van der Waals surface area contributed by atoms with E-state index in [1.165, 1.54) is 36.4 Å². The van der Waals surface area contributed by atoms with Gasteiger partial charge in [0.25, 0.3) is 11.8 Å². The number of hydrogen-bond donors (Lipinski definition) is 2. The Morgan fingerprint density at radius 2 is 0.938 bits per heavy atom. The molecule has 0 aliphatic heterocycles. The molecule has 2 N–H and O–H groups in total. The van der Waals surface area contributed by atoms with Crippen molar-refractivity contribution in [1.29, 1.82) is 0 Å². The Morgan fingerprint density at radius 1 is 0.594 bits per heavy atom. The maximum absolute atomic E-state index is 12.7. The summed E-state index contributed by atoms with van der Waals surface area (Å²) in [5.41, 5.74) is -1.19. The lowest BCUT2D eigenvalue weighted by atomic mass is 10.0. The van der Waals surface area contributed by atoms with Crippen LogP contribution in [-0.2, 0) is 9.59 Å². The molecule has 0 heterocycles. The van der Waals surface area contributed by atoms with E-state index in [2.05, 4.69) is 10.6 Å². The van der Waals surface area contributed by atoms with Crippen LogP contribution in [0, 0.1) is 0 Å². The molecule has 0 atom stereocenters. The van der Waals surface area contributed by atoms with Crippen LogP contribution in [0.1, 0.15) is 20.7 Å². The Labute approximate surface area is 211 Å². The third-order valence-corrected chi connectivity index (χ3v) is 5.94. The smallest absolute Gasteiger partial charge is 0.257 e. The van der Waals surface area contributed by atoms with Gasteiger partial charge < -0.3 is 10.6 Å². The monoisotopic (exact) mass is 550 g/mol. The molecule has 3 rings (SSSR count). The van der Waals surface area contributed by atoms with Gasteiger partial charge in [-0.1, -0.05) is 69.6 Å². The number of amides is 2. The fraction of sp³-hybridized carbons (Fsp3) is 0. The van der Waals surface area contributed by atoms with Gasteiger partial charge in [-0.25, -0.2) is 0 Å². The van der Waals surface area contributed by atoms with Gasteiger partial charge in [0.15, 0.2) is 0 Å². The van der Waals surface area contributed by atoms with Gasteiger partial charge in [-0.2, -0.15) is 0 Å². The Kier molecular flexibility index (Phi) is 7.55. The molecule has 164 valence electrons. The maximum Gasteiger partial charge on any atom is 0.257 e. The first-order chi connectivity index (χ1) is 15.0.